The van der Waals surface area contributed by atoms with Gasteiger partial charge in [-0.1, -0.05) is 63.2 Å². The Morgan fingerprint density at radius 3 is 2.47 bits per heavy atom. The van der Waals surface area contributed by atoms with Gasteiger partial charge >= 0.3 is 0 Å². The zero-order valence-electron chi connectivity index (χ0n) is 20.0. The molecule has 0 radical (unpaired) electrons. The lowest BCUT2D eigenvalue weighted by molar-refractivity contribution is 0.411. The Kier molecular flexibility index (Phi) is 6.07. The molecule has 2 aromatic carbocycles. The minimum Gasteiger partial charge on any atom is -0.365 e. The highest BCUT2D eigenvalue weighted by Crippen LogP contribution is 2.47. The van der Waals surface area contributed by atoms with Crippen molar-refractivity contribution in [2.75, 3.05) is 11.6 Å². The molecule has 0 amide bonds. The molecule has 3 aliphatic rings. The fourth-order valence-electron chi connectivity index (χ4n) is 4.92. The van der Waals surface area contributed by atoms with E-state index in [9.17, 15) is 0 Å². The molecule has 0 fully saturated rings. The summed E-state index contributed by atoms with van der Waals surface area (Å²) in [5.41, 5.74) is 18.3. The topological polar surface area (TPSA) is 15.3 Å². The summed E-state index contributed by atoms with van der Waals surface area (Å²) in [5.74, 6) is 0. The van der Waals surface area contributed by atoms with E-state index in [0.29, 0.717) is 0 Å². The van der Waals surface area contributed by atoms with Gasteiger partial charge in [0.1, 0.15) is 6.17 Å². The highest BCUT2D eigenvalue weighted by molar-refractivity contribution is 7.15. The number of nitrogens with one attached hydrogen (secondary N) is 1. The van der Waals surface area contributed by atoms with Gasteiger partial charge in [0.05, 0.1) is 17.0 Å². The van der Waals surface area contributed by atoms with E-state index in [1.54, 1.807) is 0 Å². The van der Waals surface area contributed by atoms with Crippen LogP contribution in [0.25, 0.3) is 11.3 Å². The molecule has 0 spiro atoms. The summed E-state index contributed by atoms with van der Waals surface area (Å²) >= 11 is 0. The molecule has 0 saturated heterocycles. The van der Waals surface area contributed by atoms with Crippen molar-refractivity contribution >= 4 is 26.2 Å². The maximum Gasteiger partial charge on any atom is 0.138 e. The fraction of sp³-hybridized carbons (Fsp3) is 0.310. The average molecular weight is 441 g/mol. The lowest BCUT2D eigenvalue weighted by Gasteiger charge is -2.38. The number of anilines is 1. The van der Waals surface area contributed by atoms with Crippen LogP contribution < -0.4 is 10.2 Å². The van der Waals surface area contributed by atoms with Crippen molar-refractivity contribution < 1.29 is 0 Å². The van der Waals surface area contributed by atoms with Crippen LogP contribution in [-0.2, 0) is 6.42 Å². The van der Waals surface area contributed by atoms with E-state index in [1.165, 1.54) is 44.8 Å². The minimum atomic E-state index is 0.0485. The first-order chi connectivity index (χ1) is 15.3. The zero-order chi connectivity index (χ0) is 23.0. The van der Waals surface area contributed by atoms with E-state index in [1.807, 2.05) is 12.7 Å². The molecule has 0 bridgehead atoms. The third-order valence-electron chi connectivity index (χ3n) is 6.08. The Balaban J connectivity index is 0.00000119. The summed E-state index contributed by atoms with van der Waals surface area (Å²) < 4.78 is 0. The van der Waals surface area contributed by atoms with E-state index in [4.69, 9.17) is 0 Å². The molecule has 0 saturated carbocycles. The third kappa shape index (κ3) is 3.92. The molecule has 5 rings (SSSR count). The van der Waals surface area contributed by atoms with E-state index in [2.05, 4.69) is 114 Å². The molecule has 2 atom stereocenters. The molecular formula is C29H33N2P. The van der Waals surface area contributed by atoms with Gasteiger partial charge in [-0.25, -0.2) is 0 Å². The van der Waals surface area contributed by atoms with Crippen molar-refractivity contribution in [2.45, 2.75) is 47.2 Å². The highest BCUT2D eigenvalue weighted by Gasteiger charge is 2.39. The minimum absolute atomic E-state index is 0.0485. The van der Waals surface area contributed by atoms with Gasteiger partial charge < -0.3 is 10.2 Å². The van der Waals surface area contributed by atoms with E-state index >= 15 is 0 Å². The molecule has 2 aromatic rings. The largest absolute Gasteiger partial charge is 0.365 e. The van der Waals surface area contributed by atoms with Crippen LogP contribution in [-0.4, -0.2) is 12.8 Å². The number of hydrogen-bond donors (Lipinski definition) is 1. The number of benzene rings is 2. The van der Waals surface area contributed by atoms with Crippen molar-refractivity contribution in [1.29, 1.82) is 0 Å². The van der Waals surface area contributed by atoms with Crippen LogP contribution in [0.2, 0.25) is 0 Å². The predicted molar refractivity (Wildman–Crippen MR) is 142 cm³/mol. The van der Waals surface area contributed by atoms with E-state index in [0.717, 1.165) is 12.0 Å². The first kappa shape index (κ1) is 22.4. The number of aryl methyl sites for hydroxylation is 2. The number of hydrogen-bond acceptors (Lipinski definition) is 2. The van der Waals surface area contributed by atoms with Gasteiger partial charge in [-0.05, 0) is 72.2 Å². The van der Waals surface area contributed by atoms with E-state index < -0.39 is 0 Å². The van der Waals surface area contributed by atoms with E-state index in [-0.39, 0.29) is 11.6 Å². The summed E-state index contributed by atoms with van der Waals surface area (Å²) in [7, 11) is 2.42. The highest BCUT2D eigenvalue weighted by atomic mass is 31.0. The van der Waals surface area contributed by atoms with Gasteiger partial charge in [0.2, 0.25) is 0 Å². The number of fused-ring (bicyclic) bond motifs is 6. The molecule has 164 valence electrons. The molecule has 2 aliphatic heterocycles. The van der Waals surface area contributed by atoms with Gasteiger partial charge in [-0.15, -0.1) is 9.24 Å². The van der Waals surface area contributed by atoms with Crippen LogP contribution in [0.1, 0.15) is 48.6 Å². The summed E-state index contributed by atoms with van der Waals surface area (Å²) in [6, 6.07) is 13.5. The second-order valence-electron chi connectivity index (χ2n) is 9.75. The number of rotatable bonds is 2. The first-order valence-corrected chi connectivity index (χ1v) is 12.4. The van der Waals surface area contributed by atoms with Crippen molar-refractivity contribution in [2.24, 2.45) is 5.41 Å². The van der Waals surface area contributed by atoms with Gasteiger partial charge in [0, 0.05) is 17.3 Å². The average Bonchev–Trinajstić information content (AvgIpc) is 3.19. The Morgan fingerprint density at radius 2 is 1.78 bits per heavy atom. The van der Waals surface area contributed by atoms with Crippen molar-refractivity contribution in [3.63, 3.8) is 0 Å². The summed E-state index contributed by atoms with van der Waals surface area (Å²) in [4.78, 5) is 2.44. The third-order valence-corrected chi connectivity index (χ3v) is 6.08. The zero-order valence-corrected chi connectivity index (χ0v) is 21.2. The lowest BCUT2D eigenvalue weighted by atomic mass is 9.83. The SMILES string of the molecule is CP.Cc1cccc(C)c1C1=CNC2C3=C=C=CC=C3c3cc(CC(C)(C)C)ccc3N12. The van der Waals surface area contributed by atoms with Crippen LogP contribution in [0.5, 0.6) is 0 Å². The Bertz CT molecular complexity index is 1210. The molecule has 0 aromatic heterocycles. The van der Waals surface area contributed by atoms with Gasteiger partial charge in [-0.2, -0.15) is 0 Å². The predicted octanol–water partition coefficient (Wildman–Crippen LogP) is 6.76. The molecule has 1 N–H and O–H groups in total. The van der Waals surface area contributed by atoms with Crippen molar-refractivity contribution in [3.8, 4) is 0 Å². The number of nitrogens with zero attached hydrogens (tertiary/aromatic N) is 1. The summed E-state index contributed by atoms with van der Waals surface area (Å²) in [6.45, 7) is 13.2. The maximum atomic E-state index is 3.62. The van der Waals surface area contributed by atoms with Crippen LogP contribution >= 0.6 is 9.24 Å². The van der Waals surface area contributed by atoms with Gasteiger partial charge in [-0.3, -0.25) is 0 Å². The van der Waals surface area contributed by atoms with Crippen molar-refractivity contribution in [3.05, 3.63) is 99.6 Å². The van der Waals surface area contributed by atoms with Crippen LogP contribution in [0.4, 0.5) is 5.69 Å². The molecule has 2 nitrogen and oxygen atoms in total. The number of allylic oxidation sites excluding steroid dienone is 2. The molecule has 3 heteroatoms. The monoisotopic (exact) mass is 440 g/mol. The molecule has 1 aliphatic carbocycles. The molecular weight excluding hydrogens is 407 g/mol. The van der Waals surface area contributed by atoms with Gasteiger partial charge in [0.25, 0.3) is 0 Å². The van der Waals surface area contributed by atoms with Crippen molar-refractivity contribution in [1.82, 2.24) is 5.32 Å². The second-order valence-corrected chi connectivity index (χ2v) is 9.75. The quantitative estimate of drug-likeness (QED) is 0.410. The normalized spacial score (nSPS) is 17.8. The van der Waals surface area contributed by atoms with Gasteiger partial charge in [0.15, 0.2) is 0 Å². The standard InChI is InChI=1S/C28H28N2.CH5P/c1-18-9-8-10-19(2)26(18)25-17-29-27-22-12-7-6-11-21(22)23-15-20(16-28(3,4)5)13-14-24(23)30(25)27;1-2/h6,8-11,13-15,17,27,29H,16H2,1-5H3;2H2,1H3. The molecule has 32 heavy (non-hydrogen) atoms. The lowest BCUT2D eigenvalue weighted by Crippen LogP contribution is -2.42. The molecule has 2 heterocycles. The second kappa shape index (κ2) is 8.65. The fourth-order valence-corrected chi connectivity index (χ4v) is 4.92. The summed E-state index contributed by atoms with van der Waals surface area (Å²) in [5, 5.41) is 3.62. The Morgan fingerprint density at radius 1 is 1.06 bits per heavy atom. The maximum absolute atomic E-state index is 3.62. The summed E-state index contributed by atoms with van der Waals surface area (Å²) in [6.07, 6.45) is 7.43. The first-order valence-electron chi connectivity index (χ1n) is 11.3. The Labute approximate surface area is 195 Å². The van der Waals surface area contributed by atoms with Crippen LogP contribution in [0.3, 0.4) is 0 Å². The van der Waals surface area contributed by atoms with Crippen LogP contribution in [0, 0.1) is 19.3 Å². The molecule has 2 unspecified atom stereocenters. The Hall–Kier alpha value is -2.75. The van der Waals surface area contributed by atoms with Crippen LogP contribution in [0.15, 0.2) is 71.8 Å². The smallest absolute Gasteiger partial charge is 0.138 e.